The number of benzene rings is 1. The second-order valence-corrected chi connectivity index (χ2v) is 5.51. The number of carbonyl (C=O) groups is 1. The SMILES string of the molecule is CCCCC(CC)CNC(=O)c1ccc(-n2cncn2)cc1. The summed E-state index contributed by atoms with van der Waals surface area (Å²) in [5.74, 6) is 0.554. The average Bonchev–Trinajstić information content (AvgIpc) is 3.09. The first-order chi connectivity index (χ1) is 10.7. The molecule has 5 heteroatoms. The van der Waals surface area contributed by atoms with Crippen LogP contribution in [0, 0.1) is 5.92 Å². The van der Waals surface area contributed by atoms with Crippen molar-refractivity contribution in [3.05, 3.63) is 42.5 Å². The molecule has 1 unspecified atom stereocenters. The van der Waals surface area contributed by atoms with Crippen LogP contribution in [-0.2, 0) is 0 Å². The van der Waals surface area contributed by atoms with Crippen molar-refractivity contribution in [3.63, 3.8) is 0 Å². The van der Waals surface area contributed by atoms with E-state index in [2.05, 4.69) is 29.2 Å². The number of rotatable bonds is 8. The van der Waals surface area contributed by atoms with Crippen LogP contribution < -0.4 is 5.32 Å². The fourth-order valence-electron chi connectivity index (χ4n) is 2.39. The number of amides is 1. The van der Waals surface area contributed by atoms with E-state index in [0.717, 1.165) is 18.7 Å². The van der Waals surface area contributed by atoms with Gasteiger partial charge in [-0.3, -0.25) is 4.79 Å². The van der Waals surface area contributed by atoms with Crippen LogP contribution in [0.4, 0.5) is 0 Å². The Balaban J connectivity index is 1.89. The van der Waals surface area contributed by atoms with Crippen molar-refractivity contribution in [2.75, 3.05) is 6.54 Å². The maximum Gasteiger partial charge on any atom is 0.251 e. The van der Waals surface area contributed by atoms with Crippen LogP contribution in [0.5, 0.6) is 0 Å². The summed E-state index contributed by atoms with van der Waals surface area (Å²) >= 11 is 0. The van der Waals surface area contributed by atoms with Crippen LogP contribution in [0.1, 0.15) is 49.9 Å². The minimum atomic E-state index is -0.0138. The third-order valence-electron chi connectivity index (χ3n) is 3.91. The predicted octanol–water partition coefficient (Wildman–Crippen LogP) is 3.21. The van der Waals surface area contributed by atoms with Gasteiger partial charge in [0, 0.05) is 12.1 Å². The van der Waals surface area contributed by atoms with Gasteiger partial charge in [0.2, 0.25) is 0 Å². The molecule has 0 bridgehead atoms. The van der Waals surface area contributed by atoms with Gasteiger partial charge in [0.1, 0.15) is 12.7 Å². The van der Waals surface area contributed by atoms with E-state index in [-0.39, 0.29) is 5.91 Å². The Kier molecular flexibility index (Phi) is 6.13. The molecule has 1 amide bonds. The lowest BCUT2D eigenvalue weighted by Crippen LogP contribution is -2.29. The molecule has 22 heavy (non-hydrogen) atoms. The summed E-state index contributed by atoms with van der Waals surface area (Å²) in [5, 5.41) is 7.10. The third-order valence-corrected chi connectivity index (χ3v) is 3.91. The molecule has 0 saturated heterocycles. The second-order valence-electron chi connectivity index (χ2n) is 5.51. The summed E-state index contributed by atoms with van der Waals surface area (Å²) < 4.78 is 1.67. The molecule has 2 rings (SSSR count). The Hall–Kier alpha value is -2.17. The Labute approximate surface area is 131 Å². The Morgan fingerprint density at radius 2 is 2.05 bits per heavy atom. The van der Waals surface area contributed by atoms with Crippen LogP contribution in [0.25, 0.3) is 5.69 Å². The highest BCUT2D eigenvalue weighted by atomic mass is 16.1. The summed E-state index contributed by atoms with van der Waals surface area (Å²) in [6, 6.07) is 7.38. The first-order valence-electron chi connectivity index (χ1n) is 7.97. The van der Waals surface area contributed by atoms with Crippen molar-refractivity contribution in [3.8, 4) is 5.69 Å². The van der Waals surface area contributed by atoms with Crippen molar-refractivity contribution in [1.82, 2.24) is 20.1 Å². The summed E-state index contributed by atoms with van der Waals surface area (Å²) in [6.07, 6.45) is 7.83. The van der Waals surface area contributed by atoms with E-state index in [1.165, 1.54) is 25.6 Å². The highest BCUT2D eigenvalue weighted by Gasteiger charge is 2.10. The maximum atomic E-state index is 12.2. The number of carbonyl (C=O) groups excluding carboxylic acids is 1. The molecule has 0 radical (unpaired) electrons. The number of unbranched alkanes of at least 4 members (excludes halogenated alkanes) is 1. The first-order valence-corrected chi connectivity index (χ1v) is 7.97. The molecule has 0 aliphatic carbocycles. The van der Waals surface area contributed by atoms with E-state index >= 15 is 0 Å². The lowest BCUT2D eigenvalue weighted by atomic mass is 9.99. The quantitative estimate of drug-likeness (QED) is 0.814. The van der Waals surface area contributed by atoms with Gasteiger partial charge in [0.15, 0.2) is 0 Å². The number of nitrogens with one attached hydrogen (secondary N) is 1. The van der Waals surface area contributed by atoms with E-state index in [4.69, 9.17) is 0 Å². The average molecular weight is 300 g/mol. The van der Waals surface area contributed by atoms with Crippen LogP contribution in [0.3, 0.4) is 0 Å². The van der Waals surface area contributed by atoms with Gasteiger partial charge >= 0.3 is 0 Å². The second kappa shape index (κ2) is 8.32. The van der Waals surface area contributed by atoms with Gasteiger partial charge in [-0.05, 0) is 36.6 Å². The van der Waals surface area contributed by atoms with E-state index in [9.17, 15) is 4.79 Å². The Morgan fingerprint density at radius 3 is 2.64 bits per heavy atom. The molecule has 0 aliphatic rings. The Bertz CT molecular complexity index is 563. The van der Waals surface area contributed by atoms with Gasteiger partial charge in [-0.25, -0.2) is 9.67 Å². The van der Waals surface area contributed by atoms with Gasteiger partial charge in [-0.15, -0.1) is 0 Å². The smallest absolute Gasteiger partial charge is 0.251 e. The van der Waals surface area contributed by atoms with E-state index in [1.54, 1.807) is 11.0 Å². The molecule has 0 spiro atoms. The minimum absolute atomic E-state index is 0.0138. The lowest BCUT2D eigenvalue weighted by Gasteiger charge is -2.15. The van der Waals surface area contributed by atoms with Crippen LogP contribution in [0.2, 0.25) is 0 Å². The van der Waals surface area contributed by atoms with Gasteiger partial charge in [0.05, 0.1) is 5.69 Å². The number of hydrogen-bond acceptors (Lipinski definition) is 3. The molecular formula is C17H24N4O. The normalized spacial score (nSPS) is 12.1. The van der Waals surface area contributed by atoms with Crippen molar-refractivity contribution in [2.24, 2.45) is 5.92 Å². The van der Waals surface area contributed by atoms with Crippen molar-refractivity contribution < 1.29 is 4.79 Å². The molecule has 0 aliphatic heterocycles. The summed E-state index contributed by atoms with van der Waals surface area (Å²) in [4.78, 5) is 16.1. The van der Waals surface area contributed by atoms with Gasteiger partial charge in [-0.2, -0.15) is 5.10 Å². The monoisotopic (exact) mass is 300 g/mol. The van der Waals surface area contributed by atoms with E-state index in [0.29, 0.717) is 11.5 Å². The van der Waals surface area contributed by atoms with Crippen molar-refractivity contribution >= 4 is 5.91 Å². The molecule has 1 aromatic heterocycles. The number of nitrogens with zero attached hydrogens (tertiary/aromatic N) is 3. The highest BCUT2D eigenvalue weighted by Crippen LogP contribution is 2.12. The van der Waals surface area contributed by atoms with Crippen LogP contribution in [-0.4, -0.2) is 27.2 Å². The number of aromatic nitrogens is 3. The third kappa shape index (κ3) is 4.41. The zero-order valence-electron chi connectivity index (χ0n) is 13.3. The zero-order valence-corrected chi connectivity index (χ0v) is 13.3. The van der Waals surface area contributed by atoms with Gasteiger partial charge in [0.25, 0.3) is 5.91 Å². The highest BCUT2D eigenvalue weighted by molar-refractivity contribution is 5.94. The van der Waals surface area contributed by atoms with E-state index in [1.807, 2.05) is 24.3 Å². The lowest BCUT2D eigenvalue weighted by molar-refractivity contribution is 0.0946. The molecule has 0 fully saturated rings. The zero-order chi connectivity index (χ0) is 15.8. The summed E-state index contributed by atoms with van der Waals surface area (Å²) in [7, 11) is 0. The largest absolute Gasteiger partial charge is 0.352 e. The standard InChI is InChI=1S/C17H24N4O/c1-3-5-6-14(4-2)11-19-17(22)15-7-9-16(10-8-15)21-13-18-12-20-21/h7-10,12-14H,3-6,11H2,1-2H3,(H,19,22). The minimum Gasteiger partial charge on any atom is -0.352 e. The molecule has 1 N–H and O–H groups in total. The van der Waals surface area contributed by atoms with Gasteiger partial charge < -0.3 is 5.32 Å². The molecule has 0 saturated carbocycles. The van der Waals surface area contributed by atoms with Crippen molar-refractivity contribution in [2.45, 2.75) is 39.5 Å². The molecule has 5 nitrogen and oxygen atoms in total. The van der Waals surface area contributed by atoms with Crippen molar-refractivity contribution in [1.29, 1.82) is 0 Å². The van der Waals surface area contributed by atoms with E-state index < -0.39 is 0 Å². The first kappa shape index (κ1) is 16.2. The van der Waals surface area contributed by atoms with Gasteiger partial charge in [-0.1, -0.05) is 33.1 Å². The molecule has 118 valence electrons. The Morgan fingerprint density at radius 1 is 1.27 bits per heavy atom. The molecule has 1 aromatic carbocycles. The molecule has 2 aromatic rings. The fraction of sp³-hybridized carbons (Fsp3) is 0.471. The fourth-order valence-corrected chi connectivity index (χ4v) is 2.39. The topological polar surface area (TPSA) is 59.8 Å². The summed E-state index contributed by atoms with van der Waals surface area (Å²) in [6.45, 7) is 5.13. The summed E-state index contributed by atoms with van der Waals surface area (Å²) in [5.41, 5.74) is 1.57. The molecule has 1 heterocycles. The number of hydrogen-bond donors (Lipinski definition) is 1. The van der Waals surface area contributed by atoms with Crippen LogP contribution >= 0.6 is 0 Å². The predicted molar refractivity (Wildman–Crippen MR) is 87.0 cm³/mol. The maximum absolute atomic E-state index is 12.2. The van der Waals surface area contributed by atoms with Crippen LogP contribution in [0.15, 0.2) is 36.9 Å². The molecular weight excluding hydrogens is 276 g/mol. The molecule has 1 atom stereocenters.